The lowest BCUT2D eigenvalue weighted by Gasteiger charge is -2.40. The second kappa shape index (κ2) is 6.43. The van der Waals surface area contributed by atoms with E-state index < -0.39 is 0 Å². The van der Waals surface area contributed by atoms with E-state index in [1.807, 2.05) is 24.2 Å². The Morgan fingerprint density at radius 1 is 1.50 bits per heavy atom. The van der Waals surface area contributed by atoms with E-state index in [9.17, 15) is 0 Å². The van der Waals surface area contributed by atoms with Crippen molar-refractivity contribution < 1.29 is 4.74 Å². The third kappa shape index (κ3) is 3.17. The van der Waals surface area contributed by atoms with Gasteiger partial charge in [-0.2, -0.15) is 11.8 Å². The van der Waals surface area contributed by atoms with Gasteiger partial charge in [-0.15, -0.1) is 0 Å². The molecule has 0 radical (unpaired) electrons. The number of hydrogen-bond donors (Lipinski definition) is 2. The van der Waals surface area contributed by atoms with Crippen LogP contribution in [0.15, 0.2) is 24.5 Å². The summed E-state index contributed by atoms with van der Waals surface area (Å²) in [5.41, 5.74) is 4.47. The van der Waals surface area contributed by atoms with Crippen LogP contribution in [0.25, 0.3) is 0 Å². The summed E-state index contributed by atoms with van der Waals surface area (Å²) in [4.78, 5) is 4.07. The number of aromatic nitrogens is 1. The molecule has 2 saturated heterocycles. The van der Waals surface area contributed by atoms with E-state index >= 15 is 0 Å². The molecule has 1 spiro atoms. The third-order valence-corrected chi connectivity index (χ3v) is 5.81. The molecule has 3 unspecified atom stereocenters. The quantitative estimate of drug-likeness (QED) is 0.654. The molecule has 1 aromatic rings. The van der Waals surface area contributed by atoms with Crippen LogP contribution in [0.1, 0.15) is 24.8 Å². The van der Waals surface area contributed by atoms with Gasteiger partial charge in [0.05, 0.1) is 5.60 Å². The van der Waals surface area contributed by atoms with Gasteiger partial charge in [-0.25, -0.2) is 0 Å². The molecule has 20 heavy (non-hydrogen) atoms. The van der Waals surface area contributed by atoms with Crippen LogP contribution >= 0.6 is 11.8 Å². The summed E-state index contributed by atoms with van der Waals surface area (Å²) in [6.45, 7) is 0.875. The lowest BCUT2D eigenvalue weighted by Crippen LogP contribution is -2.49. The van der Waals surface area contributed by atoms with E-state index in [1.54, 1.807) is 0 Å². The van der Waals surface area contributed by atoms with Crippen LogP contribution in [-0.4, -0.2) is 34.7 Å². The average molecular weight is 293 g/mol. The highest BCUT2D eigenvalue weighted by atomic mass is 32.2. The molecule has 0 aromatic carbocycles. The lowest BCUT2D eigenvalue weighted by atomic mass is 9.79. The molecule has 3 heterocycles. The Morgan fingerprint density at radius 3 is 3.05 bits per heavy atom. The van der Waals surface area contributed by atoms with Gasteiger partial charge in [-0.05, 0) is 55.1 Å². The predicted octanol–water partition coefficient (Wildman–Crippen LogP) is 1.76. The van der Waals surface area contributed by atoms with E-state index in [-0.39, 0.29) is 5.60 Å². The first-order chi connectivity index (χ1) is 9.81. The molecule has 0 saturated carbocycles. The molecule has 0 amide bonds. The lowest BCUT2D eigenvalue weighted by molar-refractivity contribution is -0.0850. The minimum absolute atomic E-state index is 0.126. The zero-order valence-electron chi connectivity index (χ0n) is 11.8. The first-order valence-corrected chi connectivity index (χ1v) is 8.53. The molecule has 0 aliphatic carbocycles. The Morgan fingerprint density at radius 2 is 2.35 bits per heavy atom. The summed E-state index contributed by atoms with van der Waals surface area (Å²) < 4.78 is 6.10. The maximum absolute atomic E-state index is 6.10. The predicted molar refractivity (Wildman–Crippen MR) is 82.4 cm³/mol. The number of nitrogens with two attached hydrogens (primary N) is 1. The minimum atomic E-state index is 0.126. The number of nitrogens with zero attached hydrogens (tertiary/aromatic N) is 1. The molecule has 110 valence electrons. The Kier molecular flexibility index (Phi) is 4.61. The van der Waals surface area contributed by atoms with Crippen molar-refractivity contribution in [3.63, 3.8) is 0 Å². The van der Waals surface area contributed by atoms with E-state index in [4.69, 9.17) is 10.6 Å². The van der Waals surface area contributed by atoms with Crippen LogP contribution in [0.5, 0.6) is 0 Å². The topological polar surface area (TPSA) is 60.2 Å². The minimum Gasteiger partial charge on any atom is -0.374 e. The van der Waals surface area contributed by atoms with Gasteiger partial charge in [-0.3, -0.25) is 16.3 Å². The number of ether oxygens (including phenoxy) is 1. The molecule has 4 nitrogen and oxygen atoms in total. The number of hydrogen-bond acceptors (Lipinski definition) is 5. The highest BCUT2D eigenvalue weighted by Gasteiger charge is 2.42. The number of hydrazine groups is 1. The Bertz CT molecular complexity index is 422. The van der Waals surface area contributed by atoms with Crippen molar-refractivity contribution in [3.05, 3.63) is 30.1 Å². The molecule has 3 N–H and O–H groups in total. The molecule has 1 aromatic heterocycles. The summed E-state index contributed by atoms with van der Waals surface area (Å²) in [5.74, 6) is 8.81. The third-order valence-electron chi connectivity index (χ3n) is 4.59. The van der Waals surface area contributed by atoms with Crippen molar-refractivity contribution in [1.29, 1.82) is 0 Å². The molecule has 0 bridgehead atoms. The molecule has 3 rings (SSSR count). The van der Waals surface area contributed by atoms with Gasteiger partial charge in [-0.1, -0.05) is 0 Å². The summed E-state index contributed by atoms with van der Waals surface area (Å²) in [6.07, 6.45) is 8.10. The van der Waals surface area contributed by atoms with Gasteiger partial charge in [0.15, 0.2) is 0 Å². The zero-order chi connectivity index (χ0) is 13.8. The standard InChI is InChI=1S/C15H23N3OS/c16-18-14(9-12-1-5-17-6-2-12)13-3-7-19-15(10-13)4-8-20-11-15/h1-2,5-6,13-14,18H,3-4,7-11,16H2. The second-order valence-electron chi connectivity index (χ2n) is 5.92. The van der Waals surface area contributed by atoms with E-state index in [1.165, 1.54) is 17.7 Å². The number of pyridine rings is 1. The van der Waals surface area contributed by atoms with Gasteiger partial charge >= 0.3 is 0 Å². The number of nitrogens with one attached hydrogen (secondary N) is 1. The fraction of sp³-hybridized carbons (Fsp3) is 0.667. The first-order valence-electron chi connectivity index (χ1n) is 7.38. The molecule has 2 aliphatic heterocycles. The van der Waals surface area contributed by atoms with Crippen LogP contribution in [0.4, 0.5) is 0 Å². The summed E-state index contributed by atoms with van der Waals surface area (Å²) >= 11 is 2.02. The summed E-state index contributed by atoms with van der Waals surface area (Å²) in [7, 11) is 0. The highest BCUT2D eigenvalue weighted by molar-refractivity contribution is 7.99. The van der Waals surface area contributed by atoms with Gasteiger partial charge < -0.3 is 4.74 Å². The average Bonchev–Trinajstić information content (AvgIpc) is 2.93. The summed E-state index contributed by atoms with van der Waals surface area (Å²) in [5, 5.41) is 0. The number of thioether (sulfide) groups is 1. The van der Waals surface area contributed by atoms with Crippen molar-refractivity contribution in [3.8, 4) is 0 Å². The van der Waals surface area contributed by atoms with E-state index in [0.717, 1.165) is 31.6 Å². The molecular formula is C15H23N3OS. The summed E-state index contributed by atoms with van der Waals surface area (Å²) in [6, 6.07) is 4.47. The fourth-order valence-corrected chi connectivity index (χ4v) is 4.79. The van der Waals surface area contributed by atoms with Crippen LogP contribution in [0.2, 0.25) is 0 Å². The van der Waals surface area contributed by atoms with Crippen LogP contribution in [-0.2, 0) is 11.2 Å². The van der Waals surface area contributed by atoms with Crippen molar-refractivity contribution in [2.45, 2.75) is 37.3 Å². The van der Waals surface area contributed by atoms with Crippen molar-refractivity contribution in [2.24, 2.45) is 11.8 Å². The molecule has 3 atom stereocenters. The monoisotopic (exact) mass is 293 g/mol. The van der Waals surface area contributed by atoms with E-state index in [0.29, 0.717) is 12.0 Å². The van der Waals surface area contributed by atoms with Crippen LogP contribution < -0.4 is 11.3 Å². The highest BCUT2D eigenvalue weighted by Crippen LogP contribution is 2.41. The maximum atomic E-state index is 6.10. The van der Waals surface area contributed by atoms with Crippen molar-refractivity contribution >= 4 is 11.8 Å². The maximum Gasteiger partial charge on any atom is 0.0783 e. The molecule has 5 heteroatoms. The van der Waals surface area contributed by atoms with Crippen LogP contribution in [0.3, 0.4) is 0 Å². The van der Waals surface area contributed by atoms with Gasteiger partial charge in [0.25, 0.3) is 0 Å². The van der Waals surface area contributed by atoms with Gasteiger partial charge in [0.2, 0.25) is 0 Å². The molecule has 2 fully saturated rings. The molecular weight excluding hydrogens is 270 g/mol. The van der Waals surface area contributed by atoms with Crippen molar-refractivity contribution in [1.82, 2.24) is 10.4 Å². The largest absolute Gasteiger partial charge is 0.374 e. The van der Waals surface area contributed by atoms with E-state index in [2.05, 4.69) is 22.5 Å². The van der Waals surface area contributed by atoms with Gasteiger partial charge in [0.1, 0.15) is 0 Å². The second-order valence-corrected chi connectivity index (χ2v) is 7.02. The number of rotatable bonds is 4. The Balaban J connectivity index is 1.66. The normalized spacial score (nSPS) is 31.6. The van der Waals surface area contributed by atoms with Gasteiger partial charge in [0, 0.05) is 30.8 Å². The van der Waals surface area contributed by atoms with Crippen LogP contribution in [0, 0.1) is 5.92 Å². The molecule has 2 aliphatic rings. The fourth-order valence-electron chi connectivity index (χ4n) is 3.41. The SMILES string of the molecule is NNC(Cc1ccncc1)C1CCOC2(CCSC2)C1. The van der Waals surface area contributed by atoms with Crippen molar-refractivity contribution in [2.75, 3.05) is 18.1 Å². The Labute approximate surface area is 124 Å². The smallest absolute Gasteiger partial charge is 0.0783 e. The first kappa shape index (κ1) is 14.3. The Hall–Kier alpha value is -0.620. The zero-order valence-corrected chi connectivity index (χ0v) is 12.6.